The first-order valence-electron chi connectivity index (χ1n) is 12.5. The summed E-state index contributed by atoms with van der Waals surface area (Å²) in [7, 11) is 0. The summed E-state index contributed by atoms with van der Waals surface area (Å²) in [5.41, 5.74) is 10.3. The molecule has 3 aromatic carbocycles. The molecule has 0 bridgehead atoms. The maximum absolute atomic E-state index is 11.6. The quantitative estimate of drug-likeness (QED) is 0.295. The fourth-order valence-corrected chi connectivity index (χ4v) is 5.54. The molecule has 0 spiro atoms. The summed E-state index contributed by atoms with van der Waals surface area (Å²) >= 11 is 12.6. The van der Waals surface area contributed by atoms with E-state index in [0.717, 1.165) is 44.0 Å². The Morgan fingerprint density at radius 3 is 2.25 bits per heavy atom. The van der Waals surface area contributed by atoms with Crippen LogP contribution in [0.3, 0.4) is 0 Å². The predicted octanol–water partition coefficient (Wildman–Crippen LogP) is 7.11. The molecule has 3 aromatic rings. The smallest absolute Gasteiger partial charge is 0.221 e. The molecule has 1 fully saturated rings. The van der Waals surface area contributed by atoms with E-state index in [4.69, 9.17) is 28.9 Å². The molecule has 1 unspecified atom stereocenters. The molecule has 0 radical (unpaired) electrons. The van der Waals surface area contributed by atoms with E-state index in [1.54, 1.807) is 0 Å². The topological polar surface area (TPSA) is 46.3 Å². The van der Waals surface area contributed by atoms with Gasteiger partial charge in [0.1, 0.15) is 0 Å². The van der Waals surface area contributed by atoms with Gasteiger partial charge in [-0.15, -0.1) is 12.4 Å². The lowest BCUT2D eigenvalue weighted by atomic mass is 9.86. The SMILES string of the molecule is Cl.NC(=O)Cc1ccccc1CC(CCN1CCC(Cc2ccccc2)CC1)c1ccc(Cl)c(Cl)c1. The third-order valence-corrected chi connectivity index (χ3v) is 7.97. The van der Waals surface area contributed by atoms with Gasteiger partial charge >= 0.3 is 0 Å². The first-order valence-corrected chi connectivity index (χ1v) is 13.3. The van der Waals surface area contributed by atoms with Crippen molar-refractivity contribution >= 4 is 41.5 Å². The molecule has 0 aromatic heterocycles. The molecule has 1 saturated heterocycles. The molecular weight excluding hydrogens is 511 g/mol. The zero-order valence-electron chi connectivity index (χ0n) is 20.5. The number of likely N-dealkylation sites (tertiary alicyclic amines) is 1. The molecule has 4 rings (SSSR count). The van der Waals surface area contributed by atoms with Gasteiger partial charge in [0.2, 0.25) is 5.91 Å². The van der Waals surface area contributed by atoms with Crippen LogP contribution in [0, 0.1) is 5.92 Å². The second-order valence-corrected chi connectivity index (χ2v) is 10.6. The third kappa shape index (κ3) is 8.24. The molecule has 1 atom stereocenters. The highest BCUT2D eigenvalue weighted by Crippen LogP contribution is 2.32. The van der Waals surface area contributed by atoms with Gasteiger partial charge in [0.05, 0.1) is 16.5 Å². The fourth-order valence-electron chi connectivity index (χ4n) is 5.24. The lowest BCUT2D eigenvalue weighted by Gasteiger charge is -2.33. The highest BCUT2D eigenvalue weighted by molar-refractivity contribution is 6.42. The van der Waals surface area contributed by atoms with E-state index in [9.17, 15) is 4.79 Å². The van der Waals surface area contributed by atoms with Crippen molar-refractivity contribution in [3.05, 3.63) is 105 Å². The van der Waals surface area contributed by atoms with Crippen molar-refractivity contribution in [2.75, 3.05) is 19.6 Å². The Hall–Kier alpha value is -2.04. The van der Waals surface area contributed by atoms with Gasteiger partial charge in [0.25, 0.3) is 0 Å². The van der Waals surface area contributed by atoms with Crippen LogP contribution in [0.15, 0.2) is 72.8 Å². The van der Waals surface area contributed by atoms with Crippen molar-refractivity contribution < 1.29 is 4.79 Å². The maximum Gasteiger partial charge on any atom is 0.221 e. The van der Waals surface area contributed by atoms with E-state index in [0.29, 0.717) is 10.0 Å². The molecule has 0 aliphatic carbocycles. The Morgan fingerprint density at radius 2 is 1.58 bits per heavy atom. The van der Waals surface area contributed by atoms with E-state index in [2.05, 4.69) is 47.4 Å². The summed E-state index contributed by atoms with van der Waals surface area (Å²) < 4.78 is 0. The standard InChI is InChI=1S/C30H34Cl2N2O.ClH/c31-28-11-10-26(20-29(28)32)27(19-24-8-4-5-9-25(24)21-30(33)35)14-17-34-15-12-23(13-16-34)18-22-6-2-1-3-7-22;/h1-11,20,23,27H,12-19,21H2,(H2,33,35);1H. The van der Waals surface area contributed by atoms with E-state index in [1.165, 1.54) is 36.0 Å². The van der Waals surface area contributed by atoms with E-state index in [-0.39, 0.29) is 30.7 Å². The minimum Gasteiger partial charge on any atom is -0.369 e. The van der Waals surface area contributed by atoms with E-state index >= 15 is 0 Å². The number of hydrogen-bond donors (Lipinski definition) is 1. The molecule has 1 amide bonds. The van der Waals surface area contributed by atoms with Crippen molar-refractivity contribution in [1.82, 2.24) is 4.90 Å². The van der Waals surface area contributed by atoms with E-state index < -0.39 is 0 Å². The molecule has 1 aliphatic rings. The summed E-state index contributed by atoms with van der Waals surface area (Å²) in [6.07, 6.45) is 5.79. The summed E-state index contributed by atoms with van der Waals surface area (Å²) in [5, 5.41) is 1.16. The number of nitrogens with zero attached hydrogens (tertiary/aromatic N) is 1. The van der Waals surface area contributed by atoms with Gasteiger partial charge in [-0.25, -0.2) is 0 Å². The first-order chi connectivity index (χ1) is 17.0. The lowest BCUT2D eigenvalue weighted by Crippen LogP contribution is -2.35. The number of rotatable bonds is 10. The average Bonchev–Trinajstić information content (AvgIpc) is 2.86. The van der Waals surface area contributed by atoms with Crippen LogP contribution >= 0.6 is 35.6 Å². The number of halogens is 3. The van der Waals surface area contributed by atoms with Gasteiger partial charge in [-0.05, 0) is 98.0 Å². The summed E-state index contributed by atoms with van der Waals surface area (Å²) in [5.74, 6) is 0.739. The average molecular weight is 546 g/mol. The Bertz CT molecular complexity index is 1110. The molecule has 1 aliphatic heterocycles. The number of hydrogen-bond acceptors (Lipinski definition) is 2. The van der Waals surface area contributed by atoms with Crippen LogP contribution in [-0.2, 0) is 24.1 Å². The van der Waals surface area contributed by atoms with Crippen molar-refractivity contribution in [3.63, 3.8) is 0 Å². The number of primary amides is 1. The van der Waals surface area contributed by atoms with Gasteiger partial charge in [-0.1, -0.05) is 83.9 Å². The molecule has 6 heteroatoms. The number of amides is 1. The van der Waals surface area contributed by atoms with Gasteiger partial charge < -0.3 is 10.6 Å². The minimum absolute atomic E-state index is 0. The second kappa shape index (κ2) is 14.0. The Morgan fingerprint density at radius 1 is 0.917 bits per heavy atom. The molecule has 0 saturated carbocycles. The largest absolute Gasteiger partial charge is 0.369 e. The predicted molar refractivity (Wildman–Crippen MR) is 153 cm³/mol. The van der Waals surface area contributed by atoms with Gasteiger partial charge in [0.15, 0.2) is 0 Å². The van der Waals surface area contributed by atoms with Crippen molar-refractivity contribution in [2.24, 2.45) is 11.7 Å². The zero-order chi connectivity index (χ0) is 24.6. The Kier molecular flexibility index (Phi) is 11.1. The fraction of sp³-hybridized carbons (Fsp3) is 0.367. The summed E-state index contributed by atoms with van der Waals surface area (Å²) in [6.45, 7) is 3.33. The van der Waals surface area contributed by atoms with Crippen LogP contribution in [0.5, 0.6) is 0 Å². The van der Waals surface area contributed by atoms with Crippen LogP contribution in [0.2, 0.25) is 10.0 Å². The maximum atomic E-state index is 11.6. The first kappa shape index (κ1) is 28.5. The number of piperidine rings is 1. The number of carbonyl (C=O) groups excluding carboxylic acids is 1. The molecular formula is C30H35Cl3N2O. The molecule has 3 nitrogen and oxygen atoms in total. The van der Waals surface area contributed by atoms with Gasteiger partial charge in [0, 0.05) is 0 Å². The van der Waals surface area contributed by atoms with Crippen LogP contribution in [0.25, 0.3) is 0 Å². The molecule has 1 heterocycles. The second-order valence-electron chi connectivity index (χ2n) is 9.75. The van der Waals surface area contributed by atoms with Crippen LogP contribution < -0.4 is 5.73 Å². The number of nitrogens with two attached hydrogens (primary N) is 1. The normalized spacial score (nSPS) is 15.3. The summed E-state index contributed by atoms with van der Waals surface area (Å²) in [4.78, 5) is 14.2. The third-order valence-electron chi connectivity index (χ3n) is 7.23. The van der Waals surface area contributed by atoms with Crippen molar-refractivity contribution in [2.45, 2.75) is 44.4 Å². The highest BCUT2D eigenvalue weighted by Gasteiger charge is 2.22. The van der Waals surface area contributed by atoms with Gasteiger partial charge in [-0.2, -0.15) is 0 Å². The number of benzene rings is 3. The molecule has 2 N–H and O–H groups in total. The van der Waals surface area contributed by atoms with Crippen LogP contribution in [-0.4, -0.2) is 30.4 Å². The summed E-state index contributed by atoms with van der Waals surface area (Å²) in [6, 6.07) is 24.9. The Labute approximate surface area is 231 Å². The van der Waals surface area contributed by atoms with Crippen molar-refractivity contribution in [3.8, 4) is 0 Å². The van der Waals surface area contributed by atoms with Gasteiger partial charge in [-0.3, -0.25) is 4.79 Å². The highest BCUT2D eigenvalue weighted by atomic mass is 35.5. The zero-order valence-corrected chi connectivity index (χ0v) is 22.9. The van der Waals surface area contributed by atoms with Crippen molar-refractivity contribution in [1.29, 1.82) is 0 Å². The van der Waals surface area contributed by atoms with Crippen LogP contribution in [0.4, 0.5) is 0 Å². The van der Waals surface area contributed by atoms with E-state index in [1.807, 2.05) is 30.3 Å². The Balaban J connectivity index is 0.00000361. The van der Waals surface area contributed by atoms with Crippen LogP contribution in [0.1, 0.15) is 47.4 Å². The lowest BCUT2D eigenvalue weighted by molar-refractivity contribution is -0.117. The molecule has 192 valence electrons. The monoisotopic (exact) mass is 544 g/mol. The minimum atomic E-state index is -0.304. The molecule has 36 heavy (non-hydrogen) atoms. The number of carbonyl (C=O) groups is 1.